The molecule has 1 aliphatic rings. The number of aromatic nitrogens is 1. The first-order chi connectivity index (χ1) is 15.6. The predicted octanol–water partition coefficient (Wildman–Crippen LogP) is 5.11. The normalized spacial score (nSPS) is 15.3. The largest absolute Gasteiger partial charge is 0.440 e. The monoisotopic (exact) mass is 429 g/mol. The van der Waals surface area contributed by atoms with Gasteiger partial charge < -0.3 is 10.2 Å². The molecule has 0 unspecified atom stereocenters. The average Bonchev–Trinajstić information content (AvgIpc) is 3.23. The Morgan fingerprint density at radius 1 is 1.03 bits per heavy atom. The second-order valence-corrected chi connectivity index (χ2v) is 8.33. The molecule has 0 aliphatic carbocycles. The van der Waals surface area contributed by atoms with Gasteiger partial charge in [0.1, 0.15) is 11.3 Å². The molecule has 1 fully saturated rings. The molecule has 2 heterocycles. The van der Waals surface area contributed by atoms with Gasteiger partial charge >= 0.3 is 0 Å². The lowest BCUT2D eigenvalue weighted by molar-refractivity contribution is 0.0996. The first kappa shape index (κ1) is 20.4. The Bertz CT molecular complexity index is 1260. The van der Waals surface area contributed by atoms with Gasteiger partial charge in [-0.15, -0.1) is 0 Å². The highest BCUT2D eigenvalue weighted by atomic mass is 19.1. The molecule has 0 bridgehead atoms. The van der Waals surface area contributed by atoms with Crippen LogP contribution in [0.3, 0.4) is 0 Å². The Morgan fingerprint density at radius 2 is 1.75 bits per heavy atom. The first-order valence-electron chi connectivity index (χ1n) is 10.8. The van der Waals surface area contributed by atoms with Crippen molar-refractivity contribution >= 4 is 17.0 Å². The molecule has 5 rings (SSSR count). The van der Waals surface area contributed by atoms with Crippen molar-refractivity contribution in [3.63, 3.8) is 0 Å². The van der Waals surface area contributed by atoms with E-state index >= 15 is 0 Å². The van der Waals surface area contributed by atoms with Gasteiger partial charge in [-0.05, 0) is 66.9 Å². The van der Waals surface area contributed by atoms with Crippen LogP contribution in [0, 0.1) is 5.82 Å². The molecule has 32 heavy (non-hydrogen) atoms. The van der Waals surface area contributed by atoms with Gasteiger partial charge in [-0.2, -0.15) is 0 Å². The molecule has 0 spiro atoms. The Balaban J connectivity index is 1.30. The SMILES string of the molecule is NC(=O)c1ccc(-c2ccc3oc(C4CCN(Cc5ccccc5)CC4)nc3c2)cc1F. The summed E-state index contributed by atoms with van der Waals surface area (Å²) >= 11 is 0. The van der Waals surface area contributed by atoms with Crippen molar-refractivity contribution in [2.45, 2.75) is 25.3 Å². The van der Waals surface area contributed by atoms with Crippen molar-refractivity contribution < 1.29 is 13.6 Å². The van der Waals surface area contributed by atoms with Crippen LogP contribution in [0.25, 0.3) is 22.2 Å². The Labute approximate surface area is 185 Å². The van der Waals surface area contributed by atoms with E-state index in [0.717, 1.165) is 55.0 Å². The van der Waals surface area contributed by atoms with Crippen LogP contribution in [0.1, 0.15) is 40.6 Å². The first-order valence-corrected chi connectivity index (χ1v) is 10.8. The number of hydrogen-bond donors (Lipinski definition) is 1. The summed E-state index contributed by atoms with van der Waals surface area (Å²) in [7, 11) is 0. The second kappa shape index (κ2) is 8.55. The van der Waals surface area contributed by atoms with E-state index in [9.17, 15) is 9.18 Å². The summed E-state index contributed by atoms with van der Waals surface area (Å²) in [5.74, 6) is -0.337. The number of halogens is 1. The molecule has 6 heteroatoms. The van der Waals surface area contributed by atoms with E-state index in [1.165, 1.54) is 17.7 Å². The van der Waals surface area contributed by atoms with Crippen molar-refractivity contribution in [1.82, 2.24) is 9.88 Å². The van der Waals surface area contributed by atoms with Crippen LogP contribution in [-0.2, 0) is 6.54 Å². The molecule has 0 atom stereocenters. The summed E-state index contributed by atoms with van der Waals surface area (Å²) in [4.78, 5) is 18.5. The predicted molar refractivity (Wildman–Crippen MR) is 122 cm³/mol. The molecule has 1 saturated heterocycles. The fraction of sp³-hybridized carbons (Fsp3) is 0.231. The van der Waals surface area contributed by atoms with E-state index in [2.05, 4.69) is 29.2 Å². The number of oxazole rings is 1. The molecule has 5 nitrogen and oxygen atoms in total. The van der Waals surface area contributed by atoms with Crippen molar-refractivity contribution in [3.05, 3.63) is 89.6 Å². The van der Waals surface area contributed by atoms with Gasteiger partial charge in [0.15, 0.2) is 11.5 Å². The molecule has 0 radical (unpaired) electrons. The third-order valence-corrected chi connectivity index (χ3v) is 6.16. The van der Waals surface area contributed by atoms with E-state index < -0.39 is 11.7 Å². The van der Waals surface area contributed by atoms with Gasteiger partial charge in [-0.25, -0.2) is 9.37 Å². The lowest BCUT2D eigenvalue weighted by Crippen LogP contribution is -2.32. The standard InChI is InChI=1S/C26H24FN3O2/c27-22-14-19(6-8-21(22)25(28)31)20-7-9-24-23(15-20)29-26(32-24)18-10-12-30(13-11-18)16-17-4-2-1-3-5-17/h1-9,14-15,18H,10-13,16H2,(H2,28,31). The summed E-state index contributed by atoms with van der Waals surface area (Å²) in [6.45, 7) is 2.99. The number of benzene rings is 3. The molecule has 0 saturated carbocycles. The van der Waals surface area contributed by atoms with Crippen LogP contribution < -0.4 is 5.73 Å². The van der Waals surface area contributed by atoms with Crippen LogP contribution in [0.2, 0.25) is 0 Å². The summed E-state index contributed by atoms with van der Waals surface area (Å²) in [5.41, 5.74) is 9.36. The van der Waals surface area contributed by atoms with Crippen molar-refractivity contribution in [3.8, 4) is 11.1 Å². The molecule has 1 aromatic heterocycles. The van der Waals surface area contributed by atoms with Gasteiger partial charge in [0.25, 0.3) is 5.91 Å². The van der Waals surface area contributed by atoms with Crippen LogP contribution in [0.5, 0.6) is 0 Å². The number of piperidine rings is 1. The molecule has 3 aromatic carbocycles. The number of nitrogens with two attached hydrogens (primary N) is 1. The van der Waals surface area contributed by atoms with E-state index in [1.54, 1.807) is 6.07 Å². The Morgan fingerprint density at radius 3 is 2.47 bits per heavy atom. The number of nitrogens with zero attached hydrogens (tertiary/aromatic N) is 2. The fourth-order valence-corrected chi connectivity index (χ4v) is 4.37. The minimum Gasteiger partial charge on any atom is -0.440 e. The van der Waals surface area contributed by atoms with E-state index in [4.69, 9.17) is 15.1 Å². The molecule has 4 aromatic rings. The van der Waals surface area contributed by atoms with Gasteiger partial charge in [0.2, 0.25) is 0 Å². The quantitative estimate of drug-likeness (QED) is 0.478. The zero-order chi connectivity index (χ0) is 22.1. The minimum absolute atomic E-state index is 0.114. The van der Waals surface area contributed by atoms with E-state index in [1.807, 2.05) is 24.3 Å². The number of carbonyl (C=O) groups excluding carboxylic acids is 1. The van der Waals surface area contributed by atoms with Gasteiger partial charge in [-0.1, -0.05) is 42.5 Å². The van der Waals surface area contributed by atoms with Crippen molar-refractivity contribution in [2.75, 3.05) is 13.1 Å². The molecular formula is C26H24FN3O2. The highest BCUT2D eigenvalue weighted by Crippen LogP contribution is 2.32. The minimum atomic E-state index is -0.777. The summed E-state index contributed by atoms with van der Waals surface area (Å²) in [5, 5.41) is 0. The molecule has 1 amide bonds. The highest BCUT2D eigenvalue weighted by Gasteiger charge is 2.25. The van der Waals surface area contributed by atoms with Crippen LogP contribution in [0.15, 0.2) is 71.1 Å². The lowest BCUT2D eigenvalue weighted by Gasteiger charge is -2.30. The van der Waals surface area contributed by atoms with Crippen LogP contribution in [-0.4, -0.2) is 28.9 Å². The van der Waals surface area contributed by atoms with Gasteiger partial charge in [0, 0.05) is 12.5 Å². The fourth-order valence-electron chi connectivity index (χ4n) is 4.37. The number of hydrogen-bond acceptors (Lipinski definition) is 4. The lowest BCUT2D eigenvalue weighted by atomic mass is 9.96. The number of primary amides is 1. The highest BCUT2D eigenvalue weighted by molar-refractivity contribution is 5.93. The molecule has 1 aliphatic heterocycles. The zero-order valence-corrected chi connectivity index (χ0v) is 17.6. The summed E-state index contributed by atoms with van der Waals surface area (Å²) in [6.07, 6.45) is 2.01. The Kier molecular flexibility index (Phi) is 5.45. The van der Waals surface area contributed by atoms with Crippen molar-refractivity contribution in [1.29, 1.82) is 0 Å². The van der Waals surface area contributed by atoms with Crippen molar-refractivity contribution in [2.24, 2.45) is 5.73 Å². The molecule has 162 valence electrons. The number of rotatable bonds is 5. The molecular weight excluding hydrogens is 405 g/mol. The number of amides is 1. The third-order valence-electron chi connectivity index (χ3n) is 6.16. The van der Waals surface area contributed by atoms with Gasteiger partial charge in [0.05, 0.1) is 5.56 Å². The van der Waals surface area contributed by atoms with E-state index in [0.29, 0.717) is 11.5 Å². The number of carbonyl (C=O) groups is 1. The second-order valence-electron chi connectivity index (χ2n) is 8.33. The molecule has 2 N–H and O–H groups in total. The maximum absolute atomic E-state index is 14.2. The third kappa shape index (κ3) is 4.14. The smallest absolute Gasteiger partial charge is 0.251 e. The summed E-state index contributed by atoms with van der Waals surface area (Å²) in [6, 6.07) is 20.6. The van der Waals surface area contributed by atoms with E-state index in [-0.39, 0.29) is 5.56 Å². The summed E-state index contributed by atoms with van der Waals surface area (Å²) < 4.78 is 20.2. The van der Waals surface area contributed by atoms with Crippen LogP contribution >= 0.6 is 0 Å². The topological polar surface area (TPSA) is 72.4 Å². The zero-order valence-electron chi connectivity index (χ0n) is 17.6. The van der Waals surface area contributed by atoms with Gasteiger partial charge in [-0.3, -0.25) is 9.69 Å². The average molecular weight is 429 g/mol. The maximum atomic E-state index is 14.2. The Hall–Kier alpha value is -3.51. The number of fused-ring (bicyclic) bond motifs is 1. The van der Waals surface area contributed by atoms with Crippen LogP contribution in [0.4, 0.5) is 4.39 Å². The maximum Gasteiger partial charge on any atom is 0.251 e. The number of likely N-dealkylation sites (tertiary alicyclic amines) is 1.